The SMILES string of the molecule is CC1C(C2=CC=C(c3ccccc3)C2CC2CC2)=Cc2cc(C(=O)C3CCC4CCCC4C3)ccc21.Cn1c(-c2ccc(-c3ccccc3)n2CC2CC2)nc2cc(C(=O)N3CC[C@@H]4CCN[C@@H]4C3)ccc21.Cn1c(-c2ccc(-c3ccccc3)n2CC2CC2)nc2cc(C(=O)N3CC[C@H]4CCN[C@H]4C3)ccc21. The molecule has 9 atom stereocenters. The predicted octanol–water partition coefficient (Wildman–Crippen LogP) is 18.9. The topological polar surface area (TPSA) is 127 Å². The molecule has 4 aromatic heterocycles. The zero-order chi connectivity index (χ0) is 72.7. The first-order valence-electron chi connectivity index (χ1n) is 41.3. The molecule has 0 bridgehead atoms. The highest BCUT2D eigenvalue weighted by Gasteiger charge is 2.41. The van der Waals surface area contributed by atoms with Crippen LogP contribution in [0.25, 0.3) is 79.3 Å². The summed E-state index contributed by atoms with van der Waals surface area (Å²) in [7, 11) is 4.17. The molecule has 13 nitrogen and oxygen atoms in total. The van der Waals surface area contributed by atoms with Crippen molar-refractivity contribution in [3.8, 4) is 45.6 Å². The van der Waals surface area contributed by atoms with Crippen LogP contribution in [-0.4, -0.2) is 107 Å². The summed E-state index contributed by atoms with van der Waals surface area (Å²) in [6.07, 6.45) is 28.7. The number of benzene rings is 6. The number of fused-ring (bicyclic) bond motifs is 6. The quantitative estimate of drug-likeness (QED) is 0.0923. The van der Waals surface area contributed by atoms with Crippen molar-refractivity contribution in [1.82, 2.24) is 48.7 Å². The lowest BCUT2D eigenvalue weighted by Crippen LogP contribution is -2.48. The fraction of sp³-hybridized carbons (Fsp3) is 0.421. The molecule has 2 amide bonds. The number of hydrogen-bond acceptors (Lipinski definition) is 7. The van der Waals surface area contributed by atoms with E-state index in [1.165, 1.54) is 139 Å². The minimum absolute atomic E-state index is 0.125. The van der Waals surface area contributed by atoms with Crippen LogP contribution in [0.3, 0.4) is 0 Å². The first-order chi connectivity index (χ1) is 53.0. The van der Waals surface area contributed by atoms with Crippen LogP contribution in [0.1, 0.15) is 170 Å². The number of Topliss-reactive ketones (excluding diaryl/α,β-unsaturated/α-hetero) is 1. The number of imidazole rings is 2. The minimum Gasteiger partial charge on any atom is -0.338 e. The average Bonchev–Trinajstić information content (AvgIpc) is 1.61. The second-order valence-corrected chi connectivity index (χ2v) is 34.1. The standard InChI is InChI=1S/C35H38O.2C30H33N5O/c1-22-30-15-14-28(35(36)27-13-12-24-8-5-9-26(24)19-27)20-29(30)21-33(22)32-17-16-31(25-6-3-2-4-7-25)34(32)18-23-10-11-23;2*1-33-27-10-9-23(30(36)34-16-14-21-13-15-31-25(21)19-34)17-24(27)32-29(33)28-12-11-26(22-5-3-2-4-6-22)35(28)18-20-7-8-20/h2-4,6-7,14-17,20-24,26-27,34H,5,8-13,18-19H2,1H3;2*2-6,9-12,17,20-21,25,31H,7-8,13-16,18-19H2,1H3/t;2*21-,25+/m.10/s1. The Morgan fingerprint density at radius 3 is 1.49 bits per heavy atom. The summed E-state index contributed by atoms with van der Waals surface area (Å²) in [5.74, 6) is 9.19. The van der Waals surface area contributed by atoms with Gasteiger partial charge in [-0.3, -0.25) is 14.4 Å². The highest BCUT2D eigenvalue weighted by Crippen LogP contribution is 2.52. The van der Waals surface area contributed by atoms with E-state index in [0.717, 1.165) is 181 Å². The first-order valence-corrected chi connectivity index (χ1v) is 41.3. The molecule has 0 radical (unpaired) electrons. The van der Waals surface area contributed by atoms with E-state index in [1.807, 2.05) is 34.1 Å². The van der Waals surface area contributed by atoms with Gasteiger partial charge in [0.25, 0.3) is 11.8 Å². The van der Waals surface area contributed by atoms with Gasteiger partial charge in [-0.15, -0.1) is 0 Å². The number of nitrogens with zero attached hydrogens (tertiary/aromatic N) is 8. The molecule has 6 aromatic carbocycles. The lowest BCUT2D eigenvalue weighted by molar-refractivity contribution is 0.0662. The number of hydrogen-bond donors (Lipinski definition) is 2. The number of carbonyl (C=O) groups excluding carboxylic acids is 3. The molecule has 11 aliphatic rings. The molecular weight excluding hydrogens is 1330 g/mol. The molecule has 5 unspecified atom stereocenters. The van der Waals surface area contributed by atoms with E-state index in [0.29, 0.717) is 29.7 Å². The summed E-state index contributed by atoms with van der Waals surface area (Å²) in [5, 5.41) is 7.16. The van der Waals surface area contributed by atoms with E-state index in [1.54, 1.807) is 0 Å². The van der Waals surface area contributed by atoms with E-state index in [2.05, 4.69) is 214 Å². The van der Waals surface area contributed by atoms with Crippen molar-refractivity contribution in [3.63, 3.8) is 0 Å². The zero-order valence-corrected chi connectivity index (χ0v) is 63.3. The molecule has 8 heterocycles. The number of nitrogens with one attached hydrogen (secondary N) is 2. The first kappa shape index (κ1) is 69.1. The third kappa shape index (κ3) is 13.6. The van der Waals surface area contributed by atoms with Gasteiger partial charge in [0, 0.05) is 111 Å². The molecule has 108 heavy (non-hydrogen) atoms. The summed E-state index contributed by atoms with van der Waals surface area (Å²) in [5.41, 5.74) is 22.0. The van der Waals surface area contributed by atoms with Crippen LogP contribution in [0.4, 0.5) is 0 Å². The fourth-order valence-electron chi connectivity index (χ4n) is 20.4. The number of aryl methyl sites for hydroxylation is 2. The van der Waals surface area contributed by atoms with Crippen LogP contribution in [0.15, 0.2) is 193 Å². The molecule has 7 aliphatic carbocycles. The Balaban J connectivity index is 0.000000110. The number of amides is 2. The van der Waals surface area contributed by atoms with Crippen LogP contribution < -0.4 is 10.6 Å². The van der Waals surface area contributed by atoms with Gasteiger partial charge in [0.05, 0.1) is 33.5 Å². The van der Waals surface area contributed by atoms with Gasteiger partial charge >= 0.3 is 0 Å². The van der Waals surface area contributed by atoms with Gasteiger partial charge in [-0.2, -0.15) is 0 Å². The lowest BCUT2D eigenvalue weighted by atomic mass is 9.73. The lowest BCUT2D eigenvalue weighted by Gasteiger charge is -2.35. The third-order valence-electron chi connectivity index (χ3n) is 27.2. The summed E-state index contributed by atoms with van der Waals surface area (Å²) in [4.78, 5) is 54.5. The molecule has 9 fully saturated rings. The number of aromatic nitrogens is 6. The van der Waals surface area contributed by atoms with Gasteiger partial charge in [-0.05, 0) is 243 Å². The minimum atomic E-state index is 0.125. The molecule has 13 heteroatoms. The molecule has 21 rings (SSSR count). The van der Waals surface area contributed by atoms with Crippen molar-refractivity contribution < 1.29 is 14.4 Å². The normalized spacial score (nSPS) is 24.8. The van der Waals surface area contributed by atoms with Crippen molar-refractivity contribution >= 4 is 51.3 Å². The summed E-state index contributed by atoms with van der Waals surface area (Å²) >= 11 is 0. The Labute approximate surface area is 636 Å². The fourth-order valence-corrected chi connectivity index (χ4v) is 20.4. The highest BCUT2D eigenvalue weighted by molar-refractivity contribution is 6.00. The molecule has 4 saturated heterocycles. The van der Waals surface area contributed by atoms with Crippen LogP contribution >= 0.6 is 0 Å². The van der Waals surface area contributed by atoms with E-state index in [-0.39, 0.29) is 17.7 Å². The van der Waals surface area contributed by atoms with Crippen molar-refractivity contribution in [2.45, 2.75) is 147 Å². The molecule has 2 N–H and O–H groups in total. The largest absolute Gasteiger partial charge is 0.338 e. The van der Waals surface area contributed by atoms with Crippen LogP contribution in [0, 0.1) is 53.3 Å². The second kappa shape index (κ2) is 29.2. The van der Waals surface area contributed by atoms with E-state index in [9.17, 15) is 14.4 Å². The average molecular weight is 1430 g/mol. The predicted molar refractivity (Wildman–Crippen MR) is 434 cm³/mol. The van der Waals surface area contributed by atoms with Gasteiger partial charge in [0.2, 0.25) is 0 Å². The van der Waals surface area contributed by atoms with Gasteiger partial charge in [-0.25, -0.2) is 9.97 Å². The third-order valence-corrected chi connectivity index (χ3v) is 27.2. The maximum atomic E-state index is 13.5. The summed E-state index contributed by atoms with van der Waals surface area (Å²) in [6.45, 7) is 9.88. The van der Waals surface area contributed by atoms with E-state index < -0.39 is 0 Å². The van der Waals surface area contributed by atoms with Crippen LogP contribution in [0.2, 0.25) is 0 Å². The number of carbonyl (C=O) groups is 3. The van der Waals surface area contributed by atoms with Gasteiger partial charge in [-0.1, -0.05) is 160 Å². The van der Waals surface area contributed by atoms with E-state index >= 15 is 0 Å². The number of rotatable bonds is 16. The van der Waals surface area contributed by atoms with Gasteiger partial charge < -0.3 is 38.7 Å². The molecule has 10 aromatic rings. The second-order valence-electron chi connectivity index (χ2n) is 34.1. The van der Waals surface area contributed by atoms with Gasteiger partial charge in [0.1, 0.15) is 0 Å². The monoisotopic (exact) mass is 1430 g/mol. The summed E-state index contributed by atoms with van der Waals surface area (Å²) < 4.78 is 9.23. The van der Waals surface area contributed by atoms with Gasteiger partial charge in [0.15, 0.2) is 17.4 Å². The number of allylic oxidation sites excluding steroid dienone is 5. The number of likely N-dealkylation sites (tertiary alicyclic amines) is 2. The maximum Gasteiger partial charge on any atom is 0.253 e. The Bertz CT molecular complexity index is 4930. The number of ketones is 1. The Morgan fingerprint density at radius 1 is 0.454 bits per heavy atom. The molecule has 4 aliphatic heterocycles. The van der Waals surface area contributed by atoms with Crippen LogP contribution in [-0.2, 0) is 27.2 Å². The highest BCUT2D eigenvalue weighted by atomic mass is 16.2. The Kier molecular flexibility index (Phi) is 18.7. The van der Waals surface area contributed by atoms with Crippen molar-refractivity contribution in [2.24, 2.45) is 67.4 Å². The van der Waals surface area contributed by atoms with E-state index in [4.69, 9.17) is 9.97 Å². The Hall–Kier alpha value is -9.43. The maximum absolute atomic E-state index is 13.5. The van der Waals surface area contributed by atoms with Crippen LogP contribution in [0.5, 0.6) is 0 Å². The molecular formula is C95H104N10O3. The summed E-state index contributed by atoms with van der Waals surface area (Å²) in [6, 6.07) is 60.6. The number of piperidine rings is 2. The zero-order valence-electron chi connectivity index (χ0n) is 63.3. The molecule has 0 spiro atoms. The van der Waals surface area contributed by atoms with Crippen molar-refractivity contribution in [3.05, 3.63) is 227 Å². The molecule has 552 valence electrons. The molecule has 5 saturated carbocycles. The van der Waals surface area contributed by atoms with Crippen molar-refractivity contribution in [2.75, 3.05) is 39.3 Å². The van der Waals surface area contributed by atoms with Crippen molar-refractivity contribution in [1.29, 1.82) is 0 Å². The smallest absolute Gasteiger partial charge is 0.253 e. The Morgan fingerprint density at radius 2 is 0.954 bits per heavy atom.